The number of aromatic nitrogens is 3. The Labute approximate surface area is 162 Å². The third-order valence-electron chi connectivity index (χ3n) is 4.20. The summed E-state index contributed by atoms with van der Waals surface area (Å²) in [6.45, 7) is 0.591. The van der Waals surface area contributed by atoms with Gasteiger partial charge in [-0.15, -0.1) is 0 Å². The van der Waals surface area contributed by atoms with E-state index in [-0.39, 0.29) is 17.8 Å². The lowest BCUT2D eigenvalue weighted by molar-refractivity contribution is 0.0731. The molecule has 1 N–H and O–H groups in total. The number of benzene rings is 1. The van der Waals surface area contributed by atoms with Crippen molar-refractivity contribution in [1.29, 1.82) is 0 Å². The van der Waals surface area contributed by atoms with Gasteiger partial charge in [0.25, 0.3) is 11.8 Å². The number of nitrogens with one attached hydrogen (secondary N) is 1. The van der Waals surface area contributed by atoms with Crippen LogP contribution in [-0.2, 0) is 13.0 Å². The number of nitrogens with zero attached hydrogens (tertiary/aromatic N) is 4. The maximum Gasteiger partial charge on any atom is 0.277 e. The molecule has 2 amide bonds. The van der Waals surface area contributed by atoms with Crippen LogP contribution in [0, 0.1) is 11.6 Å². The van der Waals surface area contributed by atoms with Crippen LogP contribution in [0.5, 0.6) is 0 Å². The lowest BCUT2D eigenvalue weighted by atomic mass is 10.1. The average molecular weight is 401 g/mol. The van der Waals surface area contributed by atoms with Crippen LogP contribution in [0.3, 0.4) is 0 Å². The van der Waals surface area contributed by atoms with Gasteiger partial charge in [-0.05, 0) is 12.1 Å². The van der Waals surface area contributed by atoms with Crippen molar-refractivity contribution >= 4 is 28.3 Å². The molecule has 3 aromatic rings. The van der Waals surface area contributed by atoms with Crippen LogP contribution in [0.1, 0.15) is 31.4 Å². The van der Waals surface area contributed by atoms with Gasteiger partial charge in [-0.3, -0.25) is 19.9 Å². The van der Waals surface area contributed by atoms with E-state index >= 15 is 0 Å². The summed E-state index contributed by atoms with van der Waals surface area (Å²) in [5.74, 6) is -2.57. The number of hydrogen-bond donors (Lipinski definition) is 1. The molecule has 0 aliphatic carbocycles. The molecule has 4 rings (SSSR count). The van der Waals surface area contributed by atoms with Gasteiger partial charge in [-0.25, -0.2) is 18.7 Å². The van der Waals surface area contributed by atoms with E-state index in [9.17, 15) is 18.4 Å². The van der Waals surface area contributed by atoms with Gasteiger partial charge in [0.15, 0.2) is 5.13 Å². The highest BCUT2D eigenvalue weighted by Gasteiger charge is 2.27. The van der Waals surface area contributed by atoms with E-state index in [0.717, 1.165) is 22.7 Å². The predicted molar refractivity (Wildman–Crippen MR) is 96.9 cm³/mol. The molecule has 0 spiro atoms. The Kier molecular flexibility index (Phi) is 4.78. The predicted octanol–water partition coefficient (Wildman–Crippen LogP) is 2.66. The molecule has 0 fully saturated rings. The Bertz CT molecular complexity index is 1060. The molecular formula is C18H13F2N5O2S. The van der Waals surface area contributed by atoms with Crippen LogP contribution in [0.2, 0.25) is 0 Å². The fourth-order valence-corrected chi connectivity index (χ4v) is 3.85. The SMILES string of the molecule is O=C(Nc1nc2c(s1)CN(C(=O)c1ccc(F)cc1F)CC2)c1cnccn1. The lowest BCUT2D eigenvalue weighted by Gasteiger charge is -2.26. The molecule has 2 aromatic heterocycles. The molecule has 7 nitrogen and oxygen atoms in total. The first-order valence-electron chi connectivity index (χ1n) is 8.31. The van der Waals surface area contributed by atoms with E-state index in [4.69, 9.17) is 0 Å². The topological polar surface area (TPSA) is 88.1 Å². The Morgan fingerprint density at radius 3 is 2.82 bits per heavy atom. The number of anilines is 1. The van der Waals surface area contributed by atoms with Crippen molar-refractivity contribution in [2.75, 3.05) is 11.9 Å². The van der Waals surface area contributed by atoms with Crippen molar-refractivity contribution in [1.82, 2.24) is 19.9 Å². The summed E-state index contributed by atoms with van der Waals surface area (Å²) in [5.41, 5.74) is 0.771. The van der Waals surface area contributed by atoms with E-state index in [2.05, 4.69) is 20.3 Å². The summed E-state index contributed by atoms with van der Waals surface area (Å²) in [7, 11) is 0. The van der Waals surface area contributed by atoms with Crippen molar-refractivity contribution in [3.63, 3.8) is 0 Å². The Morgan fingerprint density at radius 1 is 1.21 bits per heavy atom. The summed E-state index contributed by atoms with van der Waals surface area (Å²) < 4.78 is 27.0. The molecule has 0 atom stereocenters. The van der Waals surface area contributed by atoms with Crippen LogP contribution < -0.4 is 5.32 Å². The molecule has 0 radical (unpaired) electrons. The van der Waals surface area contributed by atoms with Gasteiger partial charge in [0, 0.05) is 36.3 Å². The zero-order chi connectivity index (χ0) is 19.7. The first-order valence-corrected chi connectivity index (χ1v) is 9.13. The number of amides is 2. The van der Waals surface area contributed by atoms with E-state index in [1.165, 1.54) is 34.8 Å². The van der Waals surface area contributed by atoms with E-state index < -0.39 is 23.4 Å². The van der Waals surface area contributed by atoms with Gasteiger partial charge < -0.3 is 4.90 Å². The number of fused-ring (bicyclic) bond motifs is 1. The van der Waals surface area contributed by atoms with Gasteiger partial charge in [-0.2, -0.15) is 0 Å². The zero-order valence-electron chi connectivity index (χ0n) is 14.4. The summed E-state index contributed by atoms with van der Waals surface area (Å²) in [5, 5.41) is 3.06. The second-order valence-corrected chi connectivity index (χ2v) is 7.12. The second-order valence-electron chi connectivity index (χ2n) is 6.03. The second kappa shape index (κ2) is 7.39. The quantitative estimate of drug-likeness (QED) is 0.729. The fourth-order valence-electron chi connectivity index (χ4n) is 2.83. The standard InChI is InChI=1S/C18H13F2N5O2S/c19-10-1-2-11(12(20)7-10)17(27)25-6-3-13-15(9-25)28-18(23-13)24-16(26)14-8-21-4-5-22-14/h1-2,4-5,7-8H,3,6,9H2,(H,23,24,26). The summed E-state index contributed by atoms with van der Waals surface area (Å²) in [6.07, 6.45) is 4.70. The van der Waals surface area contributed by atoms with Crippen molar-refractivity contribution in [2.24, 2.45) is 0 Å². The highest BCUT2D eigenvalue weighted by molar-refractivity contribution is 7.15. The molecule has 10 heteroatoms. The number of halogens is 2. The van der Waals surface area contributed by atoms with Crippen molar-refractivity contribution in [2.45, 2.75) is 13.0 Å². The number of thiazole rings is 1. The van der Waals surface area contributed by atoms with Crippen molar-refractivity contribution < 1.29 is 18.4 Å². The summed E-state index contributed by atoms with van der Waals surface area (Å²) in [4.78, 5) is 39.2. The number of carbonyl (C=O) groups excluding carboxylic acids is 2. The van der Waals surface area contributed by atoms with E-state index in [1.807, 2.05) is 0 Å². The van der Waals surface area contributed by atoms with Crippen molar-refractivity contribution in [3.05, 3.63) is 70.3 Å². The summed E-state index contributed by atoms with van der Waals surface area (Å²) in [6, 6.07) is 2.88. The van der Waals surface area contributed by atoms with Gasteiger partial charge in [-0.1, -0.05) is 11.3 Å². The first kappa shape index (κ1) is 18.1. The largest absolute Gasteiger partial charge is 0.333 e. The molecule has 1 aliphatic rings. The molecule has 0 bridgehead atoms. The third-order valence-corrected chi connectivity index (χ3v) is 5.19. The zero-order valence-corrected chi connectivity index (χ0v) is 15.2. The molecule has 0 unspecified atom stereocenters. The Morgan fingerprint density at radius 2 is 2.07 bits per heavy atom. The van der Waals surface area contributed by atoms with Gasteiger partial charge in [0.1, 0.15) is 17.3 Å². The summed E-state index contributed by atoms with van der Waals surface area (Å²) >= 11 is 1.24. The van der Waals surface area contributed by atoms with Gasteiger partial charge in [0.2, 0.25) is 0 Å². The molecule has 0 saturated carbocycles. The smallest absolute Gasteiger partial charge is 0.277 e. The minimum Gasteiger partial charge on any atom is -0.333 e. The van der Waals surface area contributed by atoms with Gasteiger partial charge in [0.05, 0.1) is 24.0 Å². The number of carbonyl (C=O) groups is 2. The van der Waals surface area contributed by atoms with Crippen molar-refractivity contribution in [3.8, 4) is 0 Å². The average Bonchev–Trinajstić information content (AvgIpc) is 3.09. The van der Waals surface area contributed by atoms with Crippen LogP contribution in [0.25, 0.3) is 0 Å². The first-order chi connectivity index (χ1) is 13.5. The fraction of sp³-hybridized carbons (Fsp3) is 0.167. The van der Waals surface area contributed by atoms with E-state index in [1.54, 1.807) is 0 Å². The lowest BCUT2D eigenvalue weighted by Crippen LogP contribution is -2.36. The Balaban J connectivity index is 1.48. The highest BCUT2D eigenvalue weighted by Crippen LogP contribution is 2.29. The number of hydrogen-bond acceptors (Lipinski definition) is 6. The molecule has 0 saturated heterocycles. The number of rotatable bonds is 3. The minimum atomic E-state index is -0.892. The van der Waals surface area contributed by atoms with E-state index in [0.29, 0.717) is 24.2 Å². The maximum absolute atomic E-state index is 13.9. The van der Waals surface area contributed by atoms with Crippen LogP contribution in [0.4, 0.5) is 13.9 Å². The molecule has 142 valence electrons. The Hall–Kier alpha value is -3.27. The molecule has 1 aromatic carbocycles. The third kappa shape index (κ3) is 3.58. The van der Waals surface area contributed by atoms with Crippen LogP contribution >= 0.6 is 11.3 Å². The molecule has 3 heterocycles. The minimum absolute atomic E-state index is 0.166. The molecular weight excluding hydrogens is 388 g/mol. The van der Waals surface area contributed by atoms with Crippen LogP contribution in [-0.4, -0.2) is 38.2 Å². The molecule has 1 aliphatic heterocycles. The molecule has 28 heavy (non-hydrogen) atoms. The highest BCUT2D eigenvalue weighted by atomic mass is 32.1. The monoisotopic (exact) mass is 401 g/mol. The van der Waals surface area contributed by atoms with Gasteiger partial charge >= 0.3 is 0 Å². The maximum atomic E-state index is 13.9. The van der Waals surface area contributed by atoms with Crippen LogP contribution in [0.15, 0.2) is 36.8 Å². The normalized spacial score (nSPS) is 13.1.